The van der Waals surface area contributed by atoms with Crippen LogP contribution in [0.3, 0.4) is 0 Å². The minimum absolute atomic E-state index is 0.835. The summed E-state index contributed by atoms with van der Waals surface area (Å²) >= 11 is 5.96. The number of fused-ring (bicyclic) bond motifs is 1. The molecule has 0 radical (unpaired) electrons. The van der Waals surface area contributed by atoms with E-state index in [1.165, 1.54) is 5.56 Å². The Morgan fingerprint density at radius 3 is 3.27 bits per heavy atom. The average molecular weight is 169 g/mol. The van der Waals surface area contributed by atoms with Crippen LogP contribution in [0.5, 0.6) is 0 Å². The first-order valence-corrected chi connectivity index (χ1v) is 4.13. The lowest BCUT2D eigenvalue weighted by atomic mass is 10.1. The van der Waals surface area contributed by atoms with Crippen LogP contribution in [-0.4, -0.2) is 11.5 Å². The largest absolute Gasteiger partial charge is 0.370 e. The second-order valence-electron chi connectivity index (χ2n) is 2.65. The quantitative estimate of drug-likeness (QED) is 0.642. The second-order valence-corrected chi connectivity index (χ2v) is 3.06. The van der Waals surface area contributed by atoms with Crippen molar-refractivity contribution in [3.05, 3.63) is 22.8 Å². The Bertz CT molecular complexity index is 273. The Kier molecular flexibility index (Phi) is 1.70. The molecule has 2 rings (SSSR count). The Labute approximate surface area is 70.6 Å². The van der Waals surface area contributed by atoms with Gasteiger partial charge in [0.05, 0.1) is 0 Å². The normalized spacial score (nSPS) is 15.4. The Hall–Kier alpha value is -0.760. The highest BCUT2D eigenvalue weighted by Gasteiger charge is 2.11. The maximum Gasteiger partial charge on any atom is 0.130 e. The van der Waals surface area contributed by atoms with Gasteiger partial charge in [0.25, 0.3) is 0 Å². The van der Waals surface area contributed by atoms with Crippen LogP contribution in [0.25, 0.3) is 0 Å². The van der Waals surface area contributed by atoms with E-state index >= 15 is 0 Å². The van der Waals surface area contributed by atoms with E-state index in [9.17, 15) is 0 Å². The molecule has 1 aromatic heterocycles. The molecule has 0 amide bonds. The summed E-state index contributed by atoms with van der Waals surface area (Å²) in [4.78, 5) is 4.18. The summed E-state index contributed by atoms with van der Waals surface area (Å²) in [6.45, 7) is 1.01. The average Bonchev–Trinajstić information content (AvgIpc) is 2.06. The Morgan fingerprint density at radius 1 is 1.55 bits per heavy atom. The highest BCUT2D eigenvalue weighted by Crippen LogP contribution is 2.25. The molecule has 1 aliphatic rings. The monoisotopic (exact) mass is 168 g/mol. The molecule has 0 bridgehead atoms. The third kappa shape index (κ3) is 1.18. The van der Waals surface area contributed by atoms with Crippen molar-refractivity contribution in [3.8, 4) is 0 Å². The number of pyridine rings is 1. The van der Waals surface area contributed by atoms with E-state index in [1.807, 2.05) is 6.07 Å². The highest BCUT2D eigenvalue weighted by molar-refractivity contribution is 6.31. The maximum atomic E-state index is 5.96. The molecule has 0 unspecified atom stereocenters. The lowest BCUT2D eigenvalue weighted by Gasteiger charge is -2.16. The first-order valence-electron chi connectivity index (χ1n) is 3.75. The van der Waals surface area contributed by atoms with Crippen LogP contribution in [-0.2, 0) is 6.42 Å². The molecule has 2 heterocycles. The van der Waals surface area contributed by atoms with Crippen molar-refractivity contribution in [2.24, 2.45) is 0 Å². The Morgan fingerprint density at radius 2 is 2.45 bits per heavy atom. The topological polar surface area (TPSA) is 24.9 Å². The van der Waals surface area contributed by atoms with Gasteiger partial charge in [-0.2, -0.15) is 0 Å². The van der Waals surface area contributed by atoms with Gasteiger partial charge in [-0.25, -0.2) is 4.98 Å². The number of anilines is 1. The summed E-state index contributed by atoms with van der Waals surface area (Å²) in [5.41, 5.74) is 1.17. The van der Waals surface area contributed by atoms with Gasteiger partial charge in [-0.1, -0.05) is 11.6 Å². The number of hydrogen-bond acceptors (Lipinski definition) is 2. The lowest BCUT2D eigenvalue weighted by molar-refractivity contribution is 0.818. The second kappa shape index (κ2) is 2.70. The Balaban J connectivity index is 2.49. The first-order chi connectivity index (χ1) is 5.38. The zero-order chi connectivity index (χ0) is 7.68. The van der Waals surface area contributed by atoms with Crippen molar-refractivity contribution in [1.82, 2.24) is 4.98 Å². The molecule has 2 nitrogen and oxygen atoms in total. The minimum Gasteiger partial charge on any atom is -0.370 e. The molecule has 0 saturated carbocycles. The molecule has 0 spiro atoms. The molecule has 0 aliphatic carbocycles. The lowest BCUT2D eigenvalue weighted by Crippen LogP contribution is -2.13. The van der Waals surface area contributed by atoms with Crippen LogP contribution < -0.4 is 5.32 Å². The van der Waals surface area contributed by atoms with Gasteiger partial charge in [0.2, 0.25) is 0 Å². The molecular weight excluding hydrogens is 160 g/mol. The van der Waals surface area contributed by atoms with Crippen molar-refractivity contribution in [2.75, 3.05) is 11.9 Å². The molecule has 0 atom stereocenters. The van der Waals surface area contributed by atoms with Crippen LogP contribution in [0, 0.1) is 0 Å². The summed E-state index contributed by atoms with van der Waals surface area (Å²) in [6.07, 6.45) is 3.94. The fourth-order valence-electron chi connectivity index (χ4n) is 1.33. The molecule has 0 aromatic carbocycles. The molecule has 58 valence electrons. The summed E-state index contributed by atoms with van der Waals surface area (Å²) in [5, 5.41) is 4.04. The molecule has 0 fully saturated rings. The highest BCUT2D eigenvalue weighted by atomic mass is 35.5. The maximum absolute atomic E-state index is 5.96. The van der Waals surface area contributed by atoms with Crippen LogP contribution in [0.2, 0.25) is 5.02 Å². The SMILES string of the molecule is Clc1ccnc2c1CCCN2. The van der Waals surface area contributed by atoms with E-state index in [1.54, 1.807) is 6.20 Å². The molecule has 1 aliphatic heterocycles. The third-order valence-electron chi connectivity index (χ3n) is 1.89. The zero-order valence-electron chi connectivity index (χ0n) is 6.10. The van der Waals surface area contributed by atoms with Crippen molar-refractivity contribution < 1.29 is 0 Å². The van der Waals surface area contributed by atoms with E-state index in [0.29, 0.717) is 0 Å². The first kappa shape index (κ1) is 6.92. The zero-order valence-corrected chi connectivity index (χ0v) is 6.86. The minimum atomic E-state index is 0.835. The smallest absolute Gasteiger partial charge is 0.130 e. The summed E-state index contributed by atoms with van der Waals surface area (Å²) < 4.78 is 0. The van der Waals surface area contributed by atoms with Gasteiger partial charge in [-0.15, -0.1) is 0 Å². The number of aromatic nitrogens is 1. The molecular formula is C8H9ClN2. The van der Waals surface area contributed by atoms with E-state index in [4.69, 9.17) is 11.6 Å². The number of nitrogens with one attached hydrogen (secondary N) is 1. The van der Waals surface area contributed by atoms with Crippen molar-refractivity contribution in [3.63, 3.8) is 0 Å². The van der Waals surface area contributed by atoms with Gasteiger partial charge in [0.15, 0.2) is 0 Å². The van der Waals surface area contributed by atoms with Gasteiger partial charge < -0.3 is 5.32 Å². The van der Waals surface area contributed by atoms with Crippen molar-refractivity contribution >= 4 is 17.4 Å². The van der Waals surface area contributed by atoms with Crippen LogP contribution in [0.1, 0.15) is 12.0 Å². The molecule has 1 N–H and O–H groups in total. The van der Waals surface area contributed by atoms with Crippen molar-refractivity contribution in [2.45, 2.75) is 12.8 Å². The predicted octanol–water partition coefficient (Wildman–Crippen LogP) is 2.09. The summed E-state index contributed by atoms with van der Waals surface area (Å²) in [5.74, 6) is 0.962. The summed E-state index contributed by atoms with van der Waals surface area (Å²) in [7, 11) is 0. The number of nitrogens with zero attached hydrogens (tertiary/aromatic N) is 1. The van der Waals surface area contributed by atoms with Gasteiger partial charge in [0.1, 0.15) is 5.82 Å². The fourth-order valence-corrected chi connectivity index (χ4v) is 1.57. The van der Waals surface area contributed by atoms with E-state index < -0.39 is 0 Å². The molecule has 1 aromatic rings. The van der Waals surface area contributed by atoms with Crippen LogP contribution >= 0.6 is 11.6 Å². The predicted molar refractivity (Wildman–Crippen MR) is 46.1 cm³/mol. The number of halogens is 1. The molecule has 3 heteroatoms. The molecule has 0 saturated heterocycles. The van der Waals surface area contributed by atoms with E-state index in [-0.39, 0.29) is 0 Å². The van der Waals surface area contributed by atoms with Gasteiger partial charge in [-0.05, 0) is 18.9 Å². The molecule has 11 heavy (non-hydrogen) atoms. The van der Waals surface area contributed by atoms with Gasteiger partial charge in [0, 0.05) is 23.3 Å². The van der Waals surface area contributed by atoms with Gasteiger partial charge >= 0.3 is 0 Å². The summed E-state index contributed by atoms with van der Waals surface area (Å²) in [6, 6.07) is 1.84. The third-order valence-corrected chi connectivity index (χ3v) is 2.25. The van der Waals surface area contributed by atoms with Crippen LogP contribution in [0.15, 0.2) is 12.3 Å². The fraction of sp³-hybridized carbons (Fsp3) is 0.375. The number of rotatable bonds is 0. The van der Waals surface area contributed by atoms with Crippen molar-refractivity contribution in [1.29, 1.82) is 0 Å². The van der Waals surface area contributed by atoms with E-state index in [0.717, 1.165) is 30.2 Å². The van der Waals surface area contributed by atoms with Gasteiger partial charge in [-0.3, -0.25) is 0 Å². The van der Waals surface area contributed by atoms with Crippen LogP contribution in [0.4, 0.5) is 5.82 Å². The number of hydrogen-bond donors (Lipinski definition) is 1. The van der Waals surface area contributed by atoms with E-state index in [2.05, 4.69) is 10.3 Å². The standard InChI is InChI=1S/C8H9ClN2/c9-7-3-5-11-8-6(7)2-1-4-10-8/h3,5H,1-2,4H2,(H,10,11).